The highest BCUT2D eigenvalue weighted by Crippen LogP contribution is 2.34. The molecule has 2 aliphatic rings. The van der Waals surface area contributed by atoms with Crippen LogP contribution in [0.1, 0.15) is 29.6 Å². The molecule has 0 aromatic heterocycles. The Morgan fingerprint density at radius 1 is 0.906 bits per heavy atom. The molecule has 0 aliphatic carbocycles. The Hall–Kier alpha value is -3.20. The molecule has 9 heteroatoms. The lowest BCUT2D eigenvalue weighted by Gasteiger charge is -2.37. The summed E-state index contributed by atoms with van der Waals surface area (Å²) in [6, 6.07) is 14.4. The van der Waals surface area contributed by atoms with Crippen molar-refractivity contribution in [3.05, 3.63) is 64.2 Å². The van der Waals surface area contributed by atoms with Crippen LogP contribution in [0.15, 0.2) is 48.5 Å². The molecule has 32 heavy (non-hydrogen) atoms. The molecule has 0 bridgehead atoms. The lowest BCUT2D eigenvalue weighted by molar-refractivity contribution is -0.384. The van der Waals surface area contributed by atoms with Crippen LogP contribution in [-0.4, -0.2) is 60.1 Å². The van der Waals surface area contributed by atoms with Gasteiger partial charge in [0.05, 0.1) is 4.92 Å². The second-order valence-corrected chi connectivity index (χ2v) is 8.46. The van der Waals surface area contributed by atoms with Gasteiger partial charge in [-0.3, -0.25) is 20.2 Å². The zero-order valence-corrected chi connectivity index (χ0v) is 18.7. The number of nitrogens with one attached hydrogen (secondary N) is 1. The van der Waals surface area contributed by atoms with Crippen LogP contribution in [0.4, 0.5) is 17.1 Å². The zero-order valence-electron chi connectivity index (χ0n) is 17.9. The molecular weight excluding hydrogens is 426 g/mol. The number of carbonyl (C=O) groups excluding carboxylic acids is 1. The zero-order chi connectivity index (χ0) is 22.5. The van der Waals surface area contributed by atoms with Crippen molar-refractivity contribution in [3.63, 3.8) is 0 Å². The number of nitro groups is 1. The van der Waals surface area contributed by atoms with Crippen LogP contribution < -0.4 is 15.1 Å². The van der Waals surface area contributed by atoms with Crippen LogP contribution in [0, 0.1) is 10.1 Å². The van der Waals surface area contributed by atoms with Gasteiger partial charge in [-0.15, -0.1) is 0 Å². The summed E-state index contributed by atoms with van der Waals surface area (Å²) in [5, 5.41) is 14.8. The maximum absolute atomic E-state index is 12.4. The molecular formula is C23H27N5O3S. The topological polar surface area (TPSA) is 82.0 Å². The standard InChI is InChI=1S/C23H27N5O3S/c29-22(18-7-3-1-4-8-18)24-23(32)27-15-13-25(14-16-27)19-9-10-20(28(30)31)21(17-19)26-11-5-2-6-12-26/h1,3-4,7-10,17H,2,5-6,11-16H2,(H,24,29,32). The molecule has 2 aromatic carbocycles. The molecule has 2 fully saturated rings. The second-order valence-electron chi connectivity index (χ2n) is 8.08. The van der Waals surface area contributed by atoms with Gasteiger partial charge < -0.3 is 14.7 Å². The van der Waals surface area contributed by atoms with Gasteiger partial charge in [0.1, 0.15) is 5.69 Å². The number of benzene rings is 2. The molecule has 2 aliphatic heterocycles. The quantitative estimate of drug-likeness (QED) is 0.432. The van der Waals surface area contributed by atoms with E-state index in [9.17, 15) is 14.9 Å². The Morgan fingerprint density at radius 3 is 2.25 bits per heavy atom. The highest BCUT2D eigenvalue weighted by molar-refractivity contribution is 7.80. The third-order valence-corrected chi connectivity index (χ3v) is 6.40. The summed E-state index contributed by atoms with van der Waals surface area (Å²) in [6.07, 6.45) is 3.30. The average molecular weight is 454 g/mol. The van der Waals surface area contributed by atoms with Crippen LogP contribution in [0.25, 0.3) is 0 Å². The van der Waals surface area contributed by atoms with Gasteiger partial charge in [-0.1, -0.05) is 18.2 Å². The number of carbonyl (C=O) groups is 1. The summed E-state index contributed by atoms with van der Waals surface area (Å²) in [6.45, 7) is 4.49. The Bertz CT molecular complexity index is 986. The van der Waals surface area contributed by atoms with E-state index in [0.717, 1.165) is 44.7 Å². The van der Waals surface area contributed by atoms with Gasteiger partial charge >= 0.3 is 0 Å². The predicted molar refractivity (Wildman–Crippen MR) is 129 cm³/mol. The number of piperazine rings is 1. The van der Waals surface area contributed by atoms with Crippen molar-refractivity contribution in [2.75, 3.05) is 49.1 Å². The molecule has 0 unspecified atom stereocenters. The highest BCUT2D eigenvalue weighted by atomic mass is 32.1. The molecule has 4 rings (SSSR count). The molecule has 1 N–H and O–H groups in total. The van der Waals surface area contributed by atoms with E-state index in [1.165, 1.54) is 6.42 Å². The minimum atomic E-state index is -0.292. The Labute approximate surface area is 192 Å². The van der Waals surface area contributed by atoms with Crippen LogP contribution >= 0.6 is 12.2 Å². The van der Waals surface area contributed by atoms with Gasteiger partial charge in [-0.2, -0.15) is 0 Å². The second kappa shape index (κ2) is 9.95. The summed E-state index contributed by atoms with van der Waals surface area (Å²) < 4.78 is 0. The van der Waals surface area contributed by atoms with Gasteiger partial charge in [-0.25, -0.2) is 0 Å². The largest absolute Gasteiger partial charge is 0.368 e. The van der Waals surface area contributed by atoms with Crippen LogP contribution in [-0.2, 0) is 0 Å². The number of nitro benzene ring substituents is 1. The number of thiocarbonyl (C=S) groups is 1. The lowest BCUT2D eigenvalue weighted by atomic mass is 10.1. The van der Waals surface area contributed by atoms with E-state index < -0.39 is 0 Å². The van der Waals surface area contributed by atoms with Crippen molar-refractivity contribution in [1.29, 1.82) is 0 Å². The summed E-state index contributed by atoms with van der Waals surface area (Å²) in [5.74, 6) is -0.209. The average Bonchev–Trinajstić information content (AvgIpc) is 2.84. The smallest absolute Gasteiger partial charge is 0.292 e. The minimum Gasteiger partial charge on any atom is -0.368 e. The molecule has 168 valence electrons. The molecule has 2 saturated heterocycles. The normalized spacial score (nSPS) is 16.6. The highest BCUT2D eigenvalue weighted by Gasteiger charge is 2.25. The molecule has 0 atom stereocenters. The van der Waals surface area contributed by atoms with Crippen molar-refractivity contribution < 1.29 is 9.72 Å². The monoisotopic (exact) mass is 453 g/mol. The van der Waals surface area contributed by atoms with Crippen molar-refractivity contribution in [2.24, 2.45) is 0 Å². The number of hydrogen-bond donors (Lipinski definition) is 1. The van der Waals surface area contributed by atoms with Gasteiger partial charge in [0.2, 0.25) is 0 Å². The Morgan fingerprint density at radius 2 is 1.59 bits per heavy atom. The van der Waals surface area contributed by atoms with E-state index >= 15 is 0 Å². The molecule has 1 amide bonds. The van der Waals surface area contributed by atoms with Gasteiger partial charge in [0.15, 0.2) is 5.11 Å². The SMILES string of the molecule is O=C(NC(=S)N1CCN(c2ccc([N+](=O)[O-])c(N3CCCCC3)c2)CC1)c1ccccc1. The maximum Gasteiger partial charge on any atom is 0.292 e. The van der Waals surface area contributed by atoms with Gasteiger partial charge in [0.25, 0.3) is 11.6 Å². The first kappa shape index (κ1) is 22.0. The first-order valence-electron chi connectivity index (χ1n) is 11.0. The van der Waals surface area contributed by atoms with E-state index in [2.05, 4.69) is 15.1 Å². The molecule has 0 radical (unpaired) electrons. The van der Waals surface area contributed by atoms with Crippen molar-refractivity contribution >= 4 is 40.3 Å². The van der Waals surface area contributed by atoms with E-state index in [-0.39, 0.29) is 16.5 Å². The third kappa shape index (κ3) is 4.99. The molecule has 0 spiro atoms. The number of amides is 1. The van der Waals surface area contributed by atoms with E-state index in [1.54, 1.807) is 18.2 Å². The number of anilines is 2. The van der Waals surface area contributed by atoms with Crippen LogP contribution in [0.5, 0.6) is 0 Å². The number of rotatable bonds is 4. The van der Waals surface area contributed by atoms with Gasteiger partial charge in [-0.05, 0) is 55.7 Å². The first-order chi connectivity index (χ1) is 15.5. The van der Waals surface area contributed by atoms with Gasteiger partial charge in [0, 0.05) is 56.6 Å². The summed E-state index contributed by atoms with van der Waals surface area (Å²) in [4.78, 5) is 30.0. The fourth-order valence-corrected chi connectivity index (χ4v) is 4.53. The van der Waals surface area contributed by atoms with Crippen molar-refractivity contribution in [3.8, 4) is 0 Å². The summed E-state index contributed by atoms with van der Waals surface area (Å²) in [5.41, 5.74) is 2.43. The first-order valence-corrected chi connectivity index (χ1v) is 11.4. The summed E-state index contributed by atoms with van der Waals surface area (Å²) in [7, 11) is 0. The predicted octanol–water partition coefficient (Wildman–Crippen LogP) is 3.42. The van der Waals surface area contributed by atoms with E-state index in [4.69, 9.17) is 12.2 Å². The number of piperidine rings is 1. The lowest BCUT2D eigenvalue weighted by Crippen LogP contribution is -2.52. The third-order valence-electron chi connectivity index (χ3n) is 6.04. The fourth-order valence-electron chi connectivity index (χ4n) is 4.26. The minimum absolute atomic E-state index is 0.166. The number of nitrogens with zero attached hydrogens (tertiary/aromatic N) is 4. The fraction of sp³-hybridized carbons (Fsp3) is 0.391. The van der Waals surface area contributed by atoms with E-state index in [1.807, 2.05) is 35.2 Å². The van der Waals surface area contributed by atoms with Crippen LogP contribution in [0.2, 0.25) is 0 Å². The maximum atomic E-state index is 12.4. The summed E-state index contributed by atoms with van der Waals surface area (Å²) >= 11 is 5.45. The Kier molecular flexibility index (Phi) is 6.84. The van der Waals surface area contributed by atoms with E-state index in [0.29, 0.717) is 29.5 Å². The number of hydrogen-bond acceptors (Lipinski definition) is 6. The molecule has 8 nitrogen and oxygen atoms in total. The Balaban J connectivity index is 1.40. The molecule has 0 saturated carbocycles. The molecule has 2 aromatic rings. The van der Waals surface area contributed by atoms with Crippen molar-refractivity contribution in [2.45, 2.75) is 19.3 Å². The van der Waals surface area contributed by atoms with Crippen molar-refractivity contribution in [1.82, 2.24) is 10.2 Å². The molecule has 2 heterocycles. The van der Waals surface area contributed by atoms with Crippen LogP contribution in [0.3, 0.4) is 0 Å².